The average Bonchev–Trinajstić information content (AvgIpc) is 2.76. The number of nitrogens with zero attached hydrogens (tertiary/aromatic N) is 1. The monoisotopic (exact) mass is 250 g/mol. The molecule has 4 nitrogen and oxygen atoms in total. The molecule has 1 aromatic rings. The van der Waals surface area contributed by atoms with E-state index in [9.17, 15) is 5.11 Å². The second-order valence-electron chi connectivity index (χ2n) is 5.17. The quantitative estimate of drug-likeness (QED) is 0.813. The van der Waals surface area contributed by atoms with E-state index in [1.807, 2.05) is 19.2 Å². The fraction of sp³-hybridized carbons (Fsp3) is 0.571. The smallest absolute Gasteiger partial charge is 0.118 e. The van der Waals surface area contributed by atoms with Gasteiger partial charge in [0.25, 0.3) is 0 Å². The van der Waals surface area contributed by atoms with E-state index in [0.717, 1.165) is 25.3 Å². The summed E-state index contributed by atoms with van der Waals surface area (Å²) in [6.45, 7) is 3.14. The highest BCUT2D eigenvalue weighted by Crippen LogP contribution is 2.17. The van der Waals surface area contributed by atoms with Crippen LogP contribution in [0.5, 0.6) is 5.75 Å². The van der Waals surface area contributed by atoms with Gasteiger partial charge in [0.15, 0.2) is 0 Å². The van der Waals surface area contributed by atoms with Crippen molar-refractivity contribution in [2.24, 2.45) is 0 Å². The number of nitrogens with one attached hydrogen (secondary N) is 1. The first-order chi connectivity index (χ1) is 8.61. The molecule has 1 unspecified atom stereocenters. The Morgan fingerprint density at radius 1 is 1.39 bits per heavy atom. The van der Waals surface area contributed by atoms with Crippen LogP contribution in [-0.4, -0.2) is 49.4 Å². The minimum atomic E-state index is -0.568. The van der Waals surface area contributed by atoms with Crippen LogP contribution in [0.3, 0.4) is 0 Å². The van der Waals surface area contributed by atoms with E-state index in [-0.39, 0.29) is 0 Å². The second kappa shape index (κ2) is 5.69. The third kappa shape index (κ3) is 3.45. The number of rotatable bonds is 5. The van der Waals surface area contributed by atoms with Crippen molar-refractivity contribution in [3.05, 3.63) is 29.8 Å². The summed E-state index contributed by atoms with van der Waals surface area (Å²) in [6, 6.07) is 8.06. The van der Waals surface area contributed by atoms with Crippen LogP contribution in [0.4, 0.5) is 0 Å². The lowest BCUT2D eigenvalue weighted by Crippen LogP contribution is -2.42. The maximum atomic E-state index is 10.3. The Morgan fingerprint density at radius 2 is 2.11 bits per heavy atom. The highest BCUT2D eigenvalue weighted by Gasteiger charge is 2.31. The standard InChI is InChI=1S/C14H22N2O2/c1-16(11-14(17)7-8-15-10-14)9-12-3-5-13(18-2)6-4-12/h3-6,15,17H,7-11H2,1-2H3. The zero-order chi connectivity index (χ0) is 13.0. The summed E-state index contributed by atoms with van der Waals surface area (Å²) in [5, 5.41) is 13.5. The Balaban J connectivity index is 1.88. The molecular weight excluding hydrogens is 228 g/mol. The Bertz CT molecular complexity index is 372. The fourth-order valence-electron chi connectivity index (χ4n) is 2.47. The molecule has 1 fully saturated rings. The molecule has 1 heterocycles. The summed E-state index contributed by atoms with van der Waals surface area (Å²) in [4.78, 5) is 2.16. The van der Waals surface area contributed by atoms with E-state index in [0.29, 0.717) is 13.1 Å². The van der Waals surface area contributed by atoms with Crippen molar-refractivity contribution in [1.82, 2.24) is 10.2 Å². The molecule has 0 aliphatic carbocycles. The van der Waals surface area contributed by atoms with Gasteiger partial charge in [-0.2, -0.15) is 0 Å². The van der Waals surface area contributed by atoms with Crippen LogP contribution in [0.2, 0.25) is 0 Å². The summed E-state index contributed by atoms with van der Waals surface area (Å²) >= 11 is 0. The molecule has 0 radical (unpaired) electrons. The zero-order valence-corrected chi connectivity index (χ0v) is 11.1. The molecule has 18 heavy (non-hydrogen) atoms. The first kappa shape index (κ1) is 13.3. The maximum absolute atomic E-state index is 10.3. The summed E-state index contributed by atoms with van der Waals surface area (Å²) in [6.07, 6.45) is 0.833. The van der Waals surface area contributed by atoms with E-state index < -0.39 is 5.60 Å². The second-order valence-corrected chi connectivity index (χ2v) is 5.17. The maximum Gasteiger partial charge on any atom is 0.118 e. The number of β-amino-alcohol motifs (C(OH)–C–C–N with tert-alkyl or cyclic N) is 1. The van der Waals surface area contributed by atoms with E-state index >= 15 is 0 Å². The molecule has 0 saturated carbocycles. The van der Waals surface area contributed by atoms with Gasteiger partial charge < -0.3 is 15.2 Å². The molecule has 2 rings (SSSR count). The number of benzene rings is 1. The number of methoxy groups -OCH3 is 1. The molecule has 1 aliphatic rings. The van der Waals surface area contributed by atoms with Gasteiger partial charge in [-0.15, -0.1) is 0 Å². The lowest BCUT2D eigenvalue weighted by Gasteiger charge is -2.28. The first-order valence-electron chi connectivity index (χ1n) is 6.36. The van der Waals surface area contributed by atoms with Gasteiger partial charge in [0, 0.05) is 19.6 Å². The predicted octanol–water partition coefficient (Wildman–Crippen LogP) is 0.851. The van der Waals surface area contributed by atoms with Crippen LogP contribution >= 0.6 is 0 Å². The van der Waals surface area contributed by atoms with Crippen molar-refractivity contribution < 1.29 is 9.84 Å². The highest BCUT2D eigenvalue weighted by atomic mass is 16.5. The predicted molar refractivity (Wildman–Crippen MR) is 71.8 cm³/mol. The number of ether oxygens (including phenoxy) is 1. The topological polar surface area (TPSA) is 44.7 Å². The molecule has 0 aromatic heterocycles. The number of hydrogen-bond acceptors (Lipinski definition) is 4. The third-order valence-corrected chi connectivity index (χ3v) is 3.40. The van der Waals surface area contributed by atoms with Gasteiger partial charge in [0.1, 0.15) is 5.75 Å². The Kier molecular flexibility index (Phi) is 4.22. The highest BCUT2D eigenvalue weighted by molar-refractivity contribution is 5.27. The number of aliphatic hydroxyl groups is 1. The molecule has 0 spiro atoms. The fourth-order valence-corrected chi connectivity index (χ4v) is 2.47. The summed E-state index contributed by atoms with van der Waals surface area (Å²) in [7, 11) is 3.71. The molecule has 1 aliphatic heterocycles. The molecule has 1 atom stereocenters. The summed E-state index contributed by atoms with van der Waals surface area (Å²) in [5.41, 5.74) is 0.661. The zero-order valence-electron chi connectivity index (χ0n) is 11.1. The lowest BCUT2D eigenvalue weighted by atomic mass is 10.0. The van der Waals surface area contributed by atoms with Crippen LogP contribution in [0.1, 0.15) is 12.0 Å². The summed E-state index contributed by atoms with van der Waals surface area (Å²) in [5.74, 6) is 0.875. The lowest BCUT2D eigenvalue weighted by molar-refractivity contribution is 0.0264. The van der Waals surface area contributed by atoms with E-state index in [1.165, 1.54) is 5.56 Å². The van der Waals surface area contributed by atoms with Crippen molar-refractivity contribution in [1.29, 1.82) is 0 Å². The molecular formula is C14H22N2O2. The largest absolute Gasteiger partial charge is 0.497 e. The Hall–Kier alpha value is -1.10. The van der Waals surface area contributed by atoms with E-state index in [4.69, 9.17) is 4.74 Å². The van der Waals surface area contributed by atoms with Gasteiger partial charge in [0.2, 0.25) is 0 Å². The van der Waals surface area contributed by atoms with Crippen molar-refractivity contribution in [3.8, 4) is 5.75 Å². The average molecular weight is 250 g/mol. The van der Waals surface area contributed by atoms with Crippen molar-refractivity contribution >= 4 is 0 Å². The Morgan fingerprint density at radius 3 is 2.67 bits per heavy atom. The molecule has 1 aromatic carbocycles. The molecule has 0 bridgehead atoms. The van der Waals surface area contributed by atoms with Gasteiger partial charge in [-0.25, -0.2) is 0 Å². The van der Waals surface area contributed by atoms with Gasteiger partial charge in [-0.3, -0.25) is 4.90 Å². The number of hydrogen-bond donors (Lipinski definition) is 2. The van der Waals surface area contributed by atoms with Gasteiger partial charge >= 0.3 is 0 Å². The SMILES string of the molecule is COc1ccc(CN(C)CC2(O)CCNC2)cc1. The first-order valence-corrected chi connectivity index (χ1v) is 6.36. The van der Waals surface area contributed by atoms with Gasteiger partial charge in [-0.05, 0) is 37.7 Å². The molecule has 0 amide bonds. The molecule has 1 saturated heterocycles. The molecule has 100 valence electrons. The Labute approximate surface area is 109 Å². The van der Waals surface area contributed by atoms with Gasteiger partial charge in [0.05, 0.1) is 12.7 Å². The normalized spacial score (nSPS) is 23.6. The van der Waals surface area contributed by atoms with Crippen LogP contribution in [0, 0.1) is 0 Å². The third-order valence-electron chi connectivity index (χ3n) is 3.40. The van der Waals surface area contributed by atoms with Crippen molar-refractivity contribution in [2.45, 2.75) is 18.6 Å². The van der Waals surface area contributed by atoms with Crippen molar-refractivity contribution in [2.75, 3.05) is 33.8 Å². The van der Waals surface area contributed by atoms with Crippen LogP contribution in [-0.2, 0) is 6.54 Å². The molecule has 2 N–H and O–H groups in total. The van der Waals surface area contributed by atoms with Crippen LogP contribution < -0.4 is 10.1 Å². The van der Waals surface area contributed by atoms with Crippen molar-refractivity contribution in [3.63, 3.8) is 0 Å². The van der Waals surface area contributed by atoms with E-state index in [2.05, 4.69) is 22.3 Å². The minimum Gasteiger partial charge on any atom is -0.497 e. The van der Waals surface area contributed by atoms with E-state index in [1.54, 1.807) is 7.11 Å². The van der Waals surface area contributed by atoms with Crippen LogP contribution in [0.15, 0.2) is 24.3 Å². The number of likely N-dealkylation sites (N-methyl/N-ethyl adjacent to an activating group) is 1. The minimum absolute atomic E-state index is 0.568. The van der Waals surface area contributed by atoms with Crippen LogP contribution in [0.25, 0.3) is 0 Å². The summed E-state index contributed by atoms with van der Waals surface area (Å²) < 4.78 is 5.14. The molecule has 4 heteroatoms. The van der Waals surface area contributed by atoms with Gasteiger partial charge in [-0.1, -0.05) is 12.1 Å².